The maximum atomic E-state index is 12.6. The van der Waals surface area contributed by atoms with Gasteiger partial charge in [-0.25, -0.2) is 8.42 Å². The van der Waals surface area contributed by atoms with E-state index in [0.717, 1.165) is 11.1 Å². The van der Waals surface area contributed by atoms with E-state index in [2.05, 4.69) is 15.4 Å². The molecule has 0 spiro atoms. The van der Waals surface area contributed by atoms with Gasteiger partial charge in [0.15, 0.2) is 9.84 Å². The van der Waals surface area contributed by atoms with Gasteiger partial charge in [0.05, 0.1) is 34.3 Å². The summed E-state index contributed by atoms with van der Waals surface area (Å²) in [6, 6.07) is 10.6. The van der Waals surface area contributed by atoms with Crippen molar-refractivity contribution in [2.24, 2.45) is 0 Å². The first-order valence-corrected chi connectivity index (χ1v) is 13.0. The molecule has 0 aliphatic carbocycles. The third kappa shape index (κ3) is 4.61. The first kappa shape index (κ1) is 23.7. The Morgan fingerprint density at radius 2 is 1.92 bits per heavy atom. The van der Waals surface area contributed by atoms with E-state index in [1.807, 2.05) is 56.8 Å². The van der Waals surface area contributed by atoms with Gasteiger partial charge in [0.2, 0.25) is 5.91 Å². The lowest BCUT2D eigenvalue weighted by Crippen LogP contribution is -2.22. The van der Waals surface area contributed by atoms with Gasteiger partial charge in [0.25, 0.3) is 0 Å². The third-order valence-corrected chi connectivity index (χ3v) is 7.40. The van der Waals surface area contributed by atoms with Crippen LogP contribution in [0.25, 0.3) is 17.0 Å². The largest absolute Gasteiger partial charge is 0.456 e. The maximum absolute atomic E-state index is 12.6. The summed E-state index contributed by atoms with van der Waals surface area (Å²) in [7, 11) is -3.45. The van der Waals surface area contributed by atoms with Crippen molar-refractivity contribution in [1.82, 2.24) is 14.8 Å². The number of sulfone groups is 1. The number of fused-ring (bicyclic) bond motifs is 2. The van der Waals surface area contributed by atoms with Crippen LogP contribution >= 0.6 is 0 Å². The van der Waals surface area contributed by atoms with E-state index in [-0.39, 0.29) is 22.8 Å². The standard InChI is InChI=1S/C27H26N4O4S/c1-17-11-18(12-26(32)30-20-15-29-31(16-20)27(2,3)4)5-6-23(17)35-24-7-9-28-22-13-19-8-10-36(33,34)25(19)14-21(22)24/h5-11,13-16H,12H2,1-4H3,(H,30,32). The second kappa shape index (κ2) is 8.60. The molecule has 0 saturated carbocycles. The minimum absolute atomic E-state index is 0.139. The molecule has 0 bridgehead atoms. The van der Waals surface area contributed by atoms with Gasteiger partial charge >= 0.3 is 0 Å². The Kier molecular flexibility index (Phi) is 5.67. The number of aromatic nitrogens is 3. The fraction of sp³-hybridized carbons (Fsp3) is 0.222. The summed E-state index contributed by atoms with van der Waals surface area (Å²) in [5, 5.41) is 9.01. The lowest BCUT2D eigenvalue weighted by Gasteiger charge is -2.18. The number of ether oxygens (including phenoxy) is 1. The van der Waals surface area contributed by atoms with Gasteiger partial charge in [-0.15, -0.1) is 0 Å². The summed E-state index contributed by atoms with van der Waals surface area (Å²) < 4.78 is 32.6. The molecule has 1 N–H and O–H groups in total. The number of carbonyl (C=O) groups is 1. The molecule has 4 aromatic rings. The van der Waals surface area contributed by atoms with Gasteiger partial charge in [-0.1, -0.05) is 12.1 Å². The average Bonchev–Trinajstić information content (AvgIpc) is 3.39. The molecule has 1 amide bonds. The Morgan fingerprint density at radius 1 is 1.11 bits per heavy atom. The molecule has 1 aliphatic rings. The van der Waals surface area contributed by atoms with Crippen LogP contribution in [-0.2, 0) is 26.6 Å². The summed E-state index contributed by atoms with van der Waals surface area (Å²) >= 11 is 0. The number of aryl methyl sites for hydroxylation is 1. The zero-order valence-electron chi connectivity index (χ0n) is 20.4. The number of rotatable bonds is 5. The predicted molar refractivity (Wildman–Crippen MR) is 139 cm³/mol. The molecular weight excluding hydrogens is 476 g/mol. The smallest absolute Gasteiger partial charge is 0.228 e. The summed E-state index contributed by atoms with van der Waals surface area (Å²) in [6.07, 6.45) is 6.87. The van der Waals surface area contributed by atoms with E-state index in [0.29, 0.717) is 33.7 Å². The Balaban J connectivity index is 1.33. The van der Waals surface area contributed by atoms with Crippen LogP contribution in [-0.4, -0.2) is 29.1 Å². The Labute approximate surface area is 209 Å². The van der Waals surface area contributed by atoms with Crippen molar-refractivity contribution in [3.63, 3.8) is 0 Å². The van der Waals surface area contributed by atoms with E-state index < -0.39 is 9.84 Å². The van der Waals surface area contributed by atoms with E-state index in [4.69, 9.17) is 4.74 Å². The van der Waals surface area contributed by atoms with Gasteiger partial charge in [-0.3, -0.25) is 14.5 Å². The highest BCUT2D eigenvalue weighted by atomic mass is 32.2. The zero-order valence-corrected chi connectivity index (χ0v) is 21.3. The number of nitrogens with one attached hydrogen (secondary N) is 1. The quantitative estimate of drug-likeness (QED) is 0.401. The minimum Gasteiger partial charge on any atom is -0.456 e. The second-order valence-corrected chi connectivity index (χ2v) is 11.6. The zero-order chi connectivity index (χ0) is 25.7. The highest BCUT2D eigenvalue weighted by Crippen LogP contribution is 2.36. The molecule has 2 aromatic heterocycles. The highest BCUT2D eigenvalue weighted by molar-refractivity contribution is 7.94. The van der Waals surface area contributed by atoms with Gasteiger partial charge in [0.1, 0.15) is 11.5 Å². The normalized spacial score (nSPS) is 14.1. The molecule has 2 aromatic carbocycles. The van der Waals surface area contributed by atoms with Crippen molar-refractivity contribution in [2.45, 2.75) is 44.6 Å². The molecule has 0 fully saturated rings. The number of anilines is 1. The van der Waals surface area contributed by atoms with Crippen LogP contribution < -0.4 is 10.1 Å². The van der Waals surface area contributed by atoms with E-state index in [1.54, 1.807) is 36.7 Å². The maximum Gasteiger partial charge on any atom is 0.228 e. The van der Waals surface area contributed by atoms with Crippen LogP contribution in [0.3, 0.4) is 0 Å². The van der Waals surface area contributed by atoms with Crippen molar-refractivity contribution in [3.8, 4) is 11.5 Å². The molecule has 3 heterocycles. The number of pyridine rings is 1. The highest BCUT2D eigenvalue weighted by Gasteiger charge is 2.22. The number of hydrogen-bond acceptors (Lipinski definition) is 6. The molecule has 0 atom stereocenters. The van der Waals surface area contributed by atoms with Crippen LogP contribution in [0.5, 0.6) is 11.5 Å². The molecular formula is C27H26N4O4S. The van der Waals surface area contributed by atoms with Crippen molar-refractivity contribution < 1.29 is 17.9 Å². The van der Waals surface area contributed by atoms with Gasteiger partial charge in [0, 0.05) is 23.2 Å². The van der Waals surface area contributed by atoms with Gasteiger partial charge in [-0.05, 0) is 74.7 Å². The lowest BCUT2D eigenvalue weighted by molar-refractivity contribution is -0.115. The Morgan fingerprint density at radius 3 is 2.64 bits per heavy atom. The number of benzene rings is 2. The molecule has 9 heteroatoms. The monoisotopic (exact) mass is 502 g/mol. The first-order valence-electron chi connectivity index (χ1n) is 11.5. The van der Waals surface area contributed by atoms with Crippen LogP contribution in [0.2, 0.25) is 0 Å². The third-order valence-electron chi connectivity index (χ3n) is 5.94. The minimum atomic E-state index is -3.45. The molecule has 0 saturated heterocycles. The number of amides is 1. The van der Waals surface area contributed by atoms with Crippen LogP contribution in [0.4, 0.5) is 5.69 Å². The molecule has 0 unspecified atom stereocenters. The average molecular weight is 503 g/mol. The molecule has 36 heavy (non-hydrogen) atoms. The van der Waals surface area contributed by atoms with E-state index in [1.165, 1.54) is 5.41 Å². The molecule has 1 aliphatic heterocycles. The summed E-state index contributed by atoms with van der Waals surface area (Å²) in [5.41, 5.74) is 3.45. The van der Waals surface area contributed by atoms with Crippen molar-refractivity contribution in [2.75, 3.05) is 5.32 Å². The van der Waals surface area contributed by atoms with Crippen molar-refractivity contribution in [3.05, 3.63) is 77.1 Å². The lowest BCUT2D eigenvalue weighted by atomic mass is 10.1. The van der Waals surface area contributed by atoms with Crippen molar-refractivity contribution >= 4 is 38.4 Å². The Hall–Kier alpha value is -3.98. The number of nitrogens with zero attached hydrogens (tertiary/aromatic N) is 3. The van der Waals surface area contributed by atoms with Crippen LogP contribution in [0.15, 0.2) is 65.3 Å². The number of hydrogen-bond donors (Lipinski definition) is 1. The summed E-state index contributed by atoms with van der Waals surface area (Å²) in [6.45, 7) is 8.02. The Bertz CT molecular complexity index is 1650. The summed E-state index contributed by atoms with van der Waals surface area (Å²) in [5.74, 6) is 0.981. The first-order chi connectivity index (χ1) is 17.0. The molecule has 8 nitrogen and oxygen atoms in total. The SMILES string of the molecule is Cc1cc(CC(=O)Nc2cnn(C(C)(C)C)c2)ccc1Oc1ccnc2cc3c(cc12)S(=O)(=O)C=C3. The fourth-order valence-corrected chi connectivity index (χ4v) is 5.27. The van der Waals surface area contributed by atoms with E-state index in [9.17, 15) is 13.2 Å². The van der Waals surface area contributed by atoms with Crippen molar-refractivity contribution in [1.29, 1.82) is 0 Å². The molecule has 0 radical (unpaired) electrons. The fourth-order valence-electron chi connectivity index (χ4n) is 4.06. The number of carbonyl (C=O) groups excluding carboxylic acids is 1. The van der Waals surface area contributed by atoms with E-state index >= 15 is 0 Å². The predicted octanol–water partition coefficient (Wildman–Crippen LogP) is 5.23. The van der Waals surface area contributed by atoms with Crippen LogP contribution in [0, 0.1) is 6.92 Å². The topological polar surface area (TPSA) is 103 Å². The molecule has 5 rings (SSSR count). The summed E-state index contributed by atoms with van der Waals surface area (Å²) in [4.78, 5) is 17.2. The van der Waals surface area contributed by atoms with Crippen LogP contribution in [0.1, 0.15) is 37.5 Å². The van der Waals surface area contributed by atoms with Gasteiger partial charge in [-0.2, -0.15) is 5.10 Å². The molecule has 184 valence electrons. The second-order valence-electron chi connectivity index (χ2n) is 9.84. The van der Waals surface area contributed by atoms with Gasteiger partial charge < -0.3 is 10.1 Å².